The second-order valence-corrected chi connectivity index (χ2v) is 10.5. The molecule has 0 spiro atoms. The summed E-state index contributed by atoms with van der Waals surface area (Å²) in [5, 5.41) is 22.6. The summed E-state index contributed by atoms with van der Waals surface area (Å²) in [6.45, 7) is 3.95. The molecule has 2 aromatic rings. The quantitative estimate of drug-likeness (QED) is 0.559. The Morgan fingerprint density at radius 2 is 1.72 bits per heavy atom. The number of benzene rings is 2. The Morgan fingerprint density at radius 1 is 1.06 bits per heavy atom. The third-order valence-electron chi connectivity index (χ3n) is 8.14. The van der Waals surface area contributed by atoms with E-state index in [1.165, 1.54) is 0 Å². The third-order valence-corrected chi connectivity index (χ3v) is 8.14. The summed E-state index contributed by atoms with van der Waals surface area (Å²) in [5.74, 6) is -9.96. The first-order chi connectivity index (χ1) is 17.0. The molecule has 8 heteroatoms. The number of fused-ring (bicyclic) bond motifs is 3. The standard InChI is InChI=1S/C28H27NO7/c1-12(2)16-11-17(13-6-4-3-5-7-13)23(31)21-18(16)9-14-8-15-10-19(30)22(27(29)35)26(34)28(15,36)25(33)20(14)24(21)32/h3-7,11-12,14-15,20,22,31,36H,8-10H2,1-2H3,(H2,29,35)/t14-,15+,20?,22?,28+/m1/s1. The van der Waals surface area contributed by atoms with Gasteiger partial charge in [-0.3, -0.25) is 24.0 Å². The predicted octanol–water partition coefficient (Wildman–Crippen LogP) is 2.12. The van der Waals surface area contributed by atoms with Crippen molar-refractivity contribution in [2.45, 2.75) is 44.6 Å². The van der Waals surface area contributed by atoms with Crippen LogP contribution in [0.3, 0.4) is 0 Å². The summed E-state index contributed by atoms with van der Waals surface area (Å²) in [6, 6.07) is 10.9. The summed E-state index contributed by atoms with van der Waals surface area (Å²) in [7, 11) is 0. The molecule has 2 saturated carbocycles. The monoisotopic (exact) mass is 489 g/mol. The molecule has 0 radical (unpaired) electrons. The molecule has 0 bridgehead atoms. The normalized spacial score (nSPS) is 29.6. The molecule has 2 fully saturated rings. The molecule has 5 atom stereocenters. The summed E-state index contributed by atoms with van der Waals surface area (Å²) in [6.07, 6.45) is 0.0166. The topological polar surface area (TPSA) is 152 Å². The number of carbonyl (C=O) groups is 5. The van der Waals surface area contributed by atoms with Crippen molar-refractivity contribution in [3.05, 3.63) is 53.1 Å². The van der Waals surface area contributed by atoms with Crippen molar-refractivity contribution < 1.29 is 34.2 Å². The van der Waals surface area contributed by atoms with Crippen molar-refractivity contribution in [2.75, 3.05) is 0 Å². The molecule has 1 amide bonds. The molecule has 2 aromatic carbocycles. The molecule has 4 N–H and O–H groups in total. The van der Waals surface area contributed by atoms with E-state index in [9.17, 15) is 34.2 Å². The average Bonchev–Trinajstić information content (AvgIpc) is 2.81. The van der Waals surface area contributed by atoms with E-state index in [1.807, 2.05) is 50.2 Å². The van der Waals surface area contributed by atoms with Crippen LogP contribution in [0, 0.1) is 23.7 Å². The number of aliphatic hydroxyl groups is 1. The number of phenolic OH excluding ortho intramolecular Hbond substituents is 1. The number of aromatic hydroxyl groups is 1. The van der Waals surface area contributed by atoms with Crippen LogP contribution >= 0.6 is 0 Å². The molecular formula is C28H27NO7. The number of primary amides is 1. The Balaban J connectivity index is 1.66. The van der Waals surface area contributed by atoms with Crippen LogP contribution in [0.5, 0.6) is 5.75 Å². The molecular weight excluding hydrogens is 462 g/mol. The maximum absolute atomic E-state index is 13.9. The van der Waals surface area contributed by atoms with Gasteiger partial charge >= 0.3 is 0 Å². The van der Waals surface area contributed by atoms with Crippen LogP contribution in [0.2, 0.25) is 0 Å². The Bertz CT molecular complexity index is 1350. The molecule has 8 nitrogen and oxygen atoms in total. The summed E-state index contributed by atoms with van der Waals surface area (Å²) in [5.41, 5.74) is 5.29. The smallest absolute Gasteiger partial charge is 0.235 e. The molecule has 0 heterocycles. The van der Waals surface area contributed by atoms with Crippen LogP contribution in [-0.2, 0) is 25.6 Å². The second kappa shape index (κ2) is 8.20. The molecule has 3 aliphatic carbocycles. The number of Topliss-reactive ketones (excluding diaryl/α,β-unsaturated/α-hetero) is 4. The molecule has 186 valence electrons. The van der Waals surface area contributed by atoms with E-state index in [1.54, 1.807) is 0 Å². The number of amides is 1. The van der Waals surface area contributed by atoms with Gasteiger partial charge in [0.25, 0.3) is 0 Å². The first-order valence-electron chi connectivity index (χ1n) is 12.1. The van der Waals surface area contributed by atoms with Crippen LogP contribution in [0.15, 0.2) is 36.4 Å². The fourth-order valence-corrected chi connectivity index (χ4v) is 6.42. The largest absolute Gasteiger partial charge is 0.507 e. The minimum absolute atomic E-state index is 0.0107. The lowest BCUT2D eigenvalue weighted by atomic mass is 9.53. The van der Waals surface area contributed by atoms with Gasteiger partial charge in [-0.1, -0.05) is 44.2 Å². The van der Waals surface area contributed by atoms with Gasteiger partial charge in [0.2, 0.25) is 5.91 Å². The molecule has 5 rings (SSSR count). The zero-order valence-electron chi connectivity index (χ0n) is 20.0. The van der Waals surface area contributed by atoms with Gasteiger partial charge in [0, 0.05) is 17.9 Å². The van der Waals surface area contributed by atoms with Crippen molar-refractivity contribution in [3.63, 3.8) is 0 Å². The Labute approximate surface area is 207 Å². The minimum atomic E-state index is -2.64. The lowest BCUT2D eigenvalue weighted by Crippen LogP contribution is -2.68. The SMILES string of the molecule is CC(C)c1cc(-c2ccccc2)c(O)c2c1C[C@H]1C[C@H]3CC(=O)C(C(N)=O)C(=O)[C@@]3(O)C(=O)C1C2=O. The van der Waals surface area contributed by atoms with Gasteiger partial charge in [-0.25, -0.2) is 0 Å². The van der Waals surface area contributed by atoms with Crippen LogP contribution in [-0.4, -0.2) is 44.9 Å². The highest BCUT2D eigenvalue weighted by Crippen LogP contribution is 2.52. The molecule has 36 heavy (non-hydrogen) atoms. The Hall–Kier alpha value is -3.65. The van der Waals surface area contributed by atoms with Gasteiger partial charge in [0.1, 0.15) is 5.75 Å². The summed E-state index contributed by atoms with van der Waals surface area (Å²) < 4.78 is 0. The number of carbonyl (C=O) groups excluding carboxylic acids is 5. The first kappa shape index (κ1) is 24.1. The maximum Gasteiger partial charge on any atom is 0.235 e. The highest BCUT2D eigenvalue weighted by molar-refractivity contribution is 6.31. The van der Waals surface area contributed by atoms with Crippen molar-refractivity contribution >= 4 is 29.0 Å². The highest BCUT2D eigenvalue weighted by atomic mass is 16.3. The van der Waals surface area contributed by atoms with Crippen LogP contribution in [0.25, 0.3) is 11.1 Å². The van der Waals surface area contributed by atoms with Gasteiger partial charge in [-0.05, 0) is 47.4 Å². The van der Waals surface area contributed by atoms with E-state index in [0.29, 0.717) is 16.7 Å². The van der Waals surface area contributed by atoms with Crippen LogP contribution in [0.1, 0.15) is 54.1 Å². The van der Waals surface area contributed by atoms with Gasteiger partial charge < -0.3 is 15.9 Å². The summed E-state index contributed by atoms with van der Waals surface area (Å²) >= 11 is 0. The number of phenols is 1. The van der Waals surface area contributed by atoms with Crippen LogP contribution < -0.4 is 5.73 Å². The van der Waals surface area contributed by atoms with Crippen molar-refractivity contribution in [1.82, 2.24) is 0 Å². The van der Waals surface area contributed by atoms with E-state index < -0.39 is 58.3 Å². The van der Waals surface area contributed by atoms with E-state index in [4.69, 9.17) is 5.73 Å². The zero-order chi connectivity index (χ0) is 26.1. The molecule has 2 unspecified atom stereocenters. The van der Waals surface area contributed by atoms with Crippen molar-refractivity contribution in [2.24, 2.45) is 29.4 Å². The number of hydrogen-bond donors (Lipinski definition) is 3. The third kappa shape index (κ3) is 3.20. The average molecular weight is 490 g/mol. The van der Waals surface area contributed by atoms with E-state index in [2.05, 4.69) is 0 Å². The number of rotatable bonds is 3. The Morgan fingerprint density at radius 3 is 2.33 bits per heavy atom. The zero-order valence-corrected chi connectivity index (χ0v) is 20.0. The molecule has 0 aromatic heterocycles. The van der Waals surface area contributed by atoms with E-state index >= 15 is 0 Å². The second-order valence-electron chi connectivity index (χ2n) is 10.5. The van der Waals surface area contributed by atoms with E-state index in [-0.39, 0.29) is 36.5 Å². The van der Waals surface area contributed by atoms with Crippen molar-refractivity contribution in [1.29, 1.82) is 0 Å². The number of hydrogen-bond acceptors (Lipinski definition) is 7. The molecule has 0 saturated heterocycles. The predicted molar refractivity (Wildman–Crippen MR) is 128 cm³/mol. The van der Waals surface area contributed by atoms with Crippen LogP contribution in [0.4, 0.5) is 0 Å². The molecule has 3 aliphatic rings. The fraction of sp³-hybridized carbons (Fsp3) is 0.393. The van der Waals surface area contributed by atoms with Crippen molar-refractivity contribution in [3.8, 4) is 16.9 Å². The van der Waals surface area contributed by atoms with Gasteiger partial charge in [-0.2, -0.15) is 0 Å². The van der Waals surface area contributed by atoms with Gasteiger partial charge in [-0.15, -0.1) is 0 Å². The van der Waals surface area contributed by atoms with E-state index in [0.717, 1.165) is 5.56 Å². The highest BCUT2D eigenvalue weighted by Gasteiger charge is 2.66. The van der Waals surface area contributed by atoms with Gasteiger partial charge in [0.15, 0.2) is 34.7 Å². The summed E-state index contributed by atoms with van der Waals surface area (Å²) in [4.78, 5) is 64.9. The number of nitrogens with two attached hydrogens (primary N) is 1. The lowest BCUT2D eigenvalue weighted by Gasteiger charge is -2.48. The minimum Gasteiger partial charge on any atom is -0.507 e. The fourth-order valence-electron chi connectivity index (χ4n) is 6.42. The maximum atomic E-state index is 13.9. The number of ketones is 4. The Kier molecular flexibility index (Phi) is 5.48. The lowest BCUT2D eigenvalue weighted by molar-refractivity contribution is -0.175. The molecule has 0 aliphatic heterocycles. The van der Waals surface area contributed by atoms with Gasteiger partial charge in [0.05, 0.1) is 11.5 Å². The first-order valence-corrected chi connectivity index (χ1v) is 12.1.